The number of carboxylic acids is 1. The Bertz CT molecular complexity index is 934. The molecule has 7 nitrogen and oxygen atoms in total. The van der Waals surface area contributed by atoms with Gasteiger partial charge in [0.1, 0.15) is 6.54 Å². The third kappa shape index (κ3) is 8.74. The second kappa shape index (κ2) is 12.2. The van der Waals surface area contributed by atoms with Crippen molar-refractivity contribution in [3.8, 4) is 0 Å². The molecule has 11 heteroatoms. The summed E-state index contributed by atoms with van der Waals surface area (Å²) < 4.78 is 31.7. The summed E-state index contributed by atoms with van der Waals surface area (Å²) in [7, 11) is 0. The molecule has 0 aliphatic carbocycles. The Morgan fingerprint density at radius 3 is 2.06 bits per heavy atom. The maximum absolute atomic E-state index is 13.0. The summed E-state index contributed by atoms with van der Waals surface area (Å²) in [6.45, 7) is 3.38. The number of rotatable bonds is 5. The number of benzene rings is 2. The Morgan fingerprint density at radius 2 is 1.55 bits per heavy atom. The van der Waals surface area contributed by atoms with Crippen molar-refractivity contribution in [2.75, 3.05) is 32.7 Å². The quantitative estimate of drug-likeness (QED) is 0.679. The lowest BCUT2D eigenvalue weighted by atomic mass is 10.1. The van der Waals surface area contributed by atoms with Crippen LogP contribution in [0, 0.1) is 0 Å². The Balaban J connectivity index is 0.000000479. The summed E-state index contributed by atoms with van der Waals surface area (Å²) in [5, 5.41) is 10.9. The van der Waals surface area contributed by atoms with E-state index in [0.717, 1.165) is 18.7 Å². The van der Waals surface area contributed by atoms with E-state index in [1.54, 1.807) is 29.2 Å². The fourth-order valence-electron chi connectivity index (χ4n) is 2.96. The topological polar surface area (TPSA) is 90.0 Å². The highest BCUT2D eigenvalue weighted by Crippen LogP contribution is 2.15. The van der Waals surface area contributed by atoms with Gasteiger partial charge in [-0.2, -0.15) is 13.2 Å². The first-order chi connectivity index (χ1) is 15.6. The third-order valence-electron chi connectivity index (χ3n) is 4.63. The number of hydrogen-bond donors (Lipinski definition) is 2. The highest BCUT2D eigenvalue weighted by atomic mass is 35.5. The van der Waals surface area contributed by atoms with Crippen LogP contribution in [0.1, 0.15) is 15.9 Å². The molecule has 0 radical (unpaired) electrons. The molecule has 1 aliphatic heterocycles. The fourth-order valence-corrected chi connectivity index (χ4v) is 3.08. The number of alkyl halides is 3. The van der Waals surface area contributed by atoms with Crippen LogP contribution < -0.4 is 5.32 Å². The first-order valence-corrected chi connectivity index (χ1v) is 10.3. The number of piperazine rings is 1. The summed E-state index contributed by atoms with van der Waals surface area (Å²) >= 11 is 5.92. The number of amides is 2. The lowest BCUT2D eigenvalue weighted by Crippen LogP contribution is -2.50. The van der Waals surface area contributed by atoms with Gasteiger partial charge in [0.25, 0.3) is 5.91 Å². The van der Waals surface area contributed by atoms with Crippen molar-refractivity contribution in [2.24, 2.45) is 0 Å². The zero-order chi connectivity index (χ0) is 24.4. The van der Waals surface area contributed by atoms with Crippen LogP contribution in [0.25, 0.3) is 0 Å². The van der Waals surface area contributed by atoms with E-state index in [2.05, 4.69) is 5.32 Å². The zero-order valence-corrected chi connectivity index (χ0v) is 18.3. The van der Waals surface area contributed by atoms with Crippen LogP contribution in [0.4, 0.5) is 13.2 Å². The average Bonchev–Trinajstić information content (AvgIpc) is 2.79. The molecule has 2 aromatic rings. The third-order valence-corrected chi connectivity index (χ3v) is 4.88. The molecular formula is C22H23ClF3N3O4. The van der Waals surface area contributed by atoms with Crippen LogP contribution in [0.3, 0.4) is 0 Å². The molecule has 0 spiro atoms. The normalized spacial score (nSPS) is 13.5. The molecule has 3 rings (SSSR count). The van der Waals surface area contributed by atoms with Crippen molar-refractivity contribution in [2.45, 2.75) is 12.7 Å². The molecule has 0 bridgehead atoms. The smallest absolute Gasteiger partial charge is 0.475 e. The van der Waals surface area contributed by atoms with Gasteiger partial charge in [0, 0.05) is 43.3 Å². The maximum atomic E-state index is 13.0. The van der Waals surface area contributed by atoms with Gasteiger partial charge < -0.3 is 20.2 Å². The van der Waals surface area contributed by atoms with Gasteiger partial charge in [0.2, 0.25) is 5.91 Å². The van der Waals surface area contributed by atoms with E-state index in [1.165, 1.54) is 0 Å². The number of nitrogens with zero attached hydrogens (tertiary/aromatic N) is 2. The van der Waals surface area contributed by atoms with Crippen molar-refractivity contribution in [1.29, 1.82) is 0 Å². The molecule has 2 amide bonds. The summed E-state index contributed by atoms with van der Waals surface area (Å²) in [5.74, 6) is -2.95. The minimum atomic E-state index is -5.08. The molecule has 33 heavy (non-hydrogen) atoms. The molecule has 1 aliphatic rings. The average molecular weight is 486 g/mol. The summed E-state index contributed by atoms with van der Waals surface area (Å²) in [4.78, 5) is 38.0. The Labute approximate surface area is 193 Å². The number of carboxylic acid groups (broad SMARTS) is 1. The van der Waals surface area contributed by atoms with Crippen LogP contribution in [0.15, 0.2) is 54.6 Å². The Hall–Kier alpha value is -3.11. The van der Waals surface area contributed by atoms with E-state index in [-0.39, 0.29) is 18.4 Å². The molecular weight excluding hydrogens is 463 g/mol. The second-order valence-electron chi connectivity index (χ2n) is 7.09. The standard InChI is InChI=1S/C20H22ClN3O2.C2HF3O2/c21-18-8-6-17(7-9-18)20(26)24(14-16-4-2-1-3-5-16)15-19(25)23-12-10-22-11-13-23;3-2(4,5)1(6)7/h1-9,22H,10-15H2;(H,6,7). The van der Waals surface area contributed by atoms with E-state index in [4.69, 9.17) is 21.5 Å². The van der Waals surface area contributed by atoms with Gasteiger partial charge in [-0.1, -0.05) is 41.9 Å². The summed E-state index contributed by atoms with van der Waals surface area (Å²) in [6, 6.07) is 16.5. The van der Waals surface area contributed by atoms with E-state index in [9.17, 15) is 22.8 Å². The predicted octanol–water partition coefficient (Wildman–Crippen LogP) is 3.05. The van der Waals surface area contributed by atoms with Gasteiger partial charge >= 0.3 is 12.1 Å². The van der Waals surface area contributed by atoms with Gasteiger partial charge in [-0.05, 0) is 29.8 Å². The first-order valence-electron chi connectivity index (χ1n) is 9.95. The highest BCUT2D eigenvalue weighted by Gasteiger charge is 2.38. The number of carbonyl (C=O) groups is 3. The van der Waals surface area contributed by atoms with Crippen LogP contribution in [-0.2, 0) is 16.1 Å². The zero-order valence-electron chi connectivity index (χ0n) is 17.5. The highest BCUT2D eigenvalue weighted by molar-refractivity contribution is 6.30. The predicted molar refractivity (Wildman–Crippen MR) is 116 cm³/mol. The van der Waals surface area contributed by atoms with Crippen LogP contribution in [0.2, 0.25) is 5.02 Å². The number of halogens is 4. The molecule has 0 atom stereocenters. The molecule has 2 aromatic carbocycles. The second-order valence-corrected chi connectivity index (χ2v) is 7.52. The van der Waals surface area contributed by atoms with Crippen molar-refractivity contribution < 1.29 is 32.7 Å². The number of nitrogens with one attached hydrogen (secondary N) is 1. The van der Waals surface area contributed by atoms with Crippen molar-refractivity contribution in [3.05, 3.63) is 70.7 Å². The van der Waals surface area contributed by atoms with Crippen LogP contribution >= 0.6 is 11.6 Å². The van der Waals surface area contributed by atoms with Crippen molar-refractivity contribution in [1.82, 2.24) is 15.1 Å². The van der Waals surface area contributed by atoms with E-state index < -0.39 is 12.1 Å². The summed E-state index contributed by atoms with van der Waals surface area (Å²) in [5.41, 5.74) is 1.52. The Kier molecular flexibility index (Phi) is 9.68. The van der Waals surface area contributed by atoms with Crippen molar-refractivity contribution >= 4 is 29.4 Å². The van der Waals surface area contributed by atoms with Gasteiger partial charge in [-0.25, -0.2) is 4.79 Å². The monoisotopic (exact) mass is 485 g/mol. The molecule has 2 N–H and O–H groups in total. The Morgan fingerprint density at radius 1 is 1.00 bits per heavy atom. The van der Waals surface area contributed by atoms with Gasteiger partial charge in [-0.15, -0.1) is 0 Å². The van der Waals surface area contributed by atoms with E-state index in [1.807, 2.05) is 35.2 Å². The lowest BCUT2D eigenvalue weighted by Gasteiger charge is -2.30. The lowest BCUT2D eigenvalue weighted by molar-refractivity contribution is -0.192. The number of hydrogen-bond acceptors (Lipinski definition) is 4. The number of carbonyl (C=O) groups excluding carboxylic acids is 2. The van der Waals surface area contributed by atoms with Crippen LogP contribution in [0.5, 0.6) is 0 Å². The molecule has 0 saturated carbocycles. The van der Waals surface area contributed by atoms with Crippen molar-refractivity contribution in [3.63, 3.8) is 0 Å². The largest absolute Gasteiger partial charge is 0.490 e. The van der Waals surface area contributed by atoms with Gasteiger partial charge in [0.05, 0.1) is 0 Å². The summed E-state index contributed by atoms with van der Waals surface area (Å²) in [6.07, 6.45) is -5.08. The molecule has 0 unspecified atom stereocenters. The van der Waals surface area contributed by atoms with E-state index >= 15 is 0 Å². The minimum absolute atomic E-state index is 0.0234. The molecule has 0 aromatic heterocycles. The molecule has 1 heterocycles. The SMILES string of the molecule is O=C(CN(Cc1ccccc1)C(=O)c1ccc(Cl)cc1)N1CCNCC1.O=C(O)C(F)(F)F. The number of aliphatic carboxylic acids is 1. The molecule has 1 saturated heterocycles. The maximum Gasteiger partial charge on any atom is 0.490 e. The molecule has 178 valence electrons. The van der Waals surface area contributed by atoms with Crippen LogP contribution in [-0.4, -0.2) is 71.6 Å². The first kappa shape index (κ1) is 26.1. The fraction of sp³-hybridized carbons (Fsp3) is 0.318. The minimum Gasteiger partial charge on any atom is -0.475 e. The van der Waals surface area contributed by atoms with E-state index in [0.29, 0.717) is 30.2 Å². The molecule has 1 fully saturated rings. The van der Waals surface area contributed by atoms with Gasteiger partial charge in [0.15, 0.2) is 0 Å². The van der Waals surface area contributed by atoms with Gasteiger partial charge in [-0.3, -0.25) is 9.59 Å².